The molecule has 0 unspecified atom stereocenters. The summed E-state index contributed by atoms with van der Waals surface area (Å²) in [5.74, 6) is -0.291. The van der Waals surface area contributed by atoms with E-state index in [1.165, 1.54) is 6.08 Å². The van der Waals surface area contributed by atoms with Gasteiger partial charge in [-0.25, -0.2) is 0 Å². The number of primary amides is 1. The second kappa shape index (κ2) is 8.85. The molecule has 0 aliphatic carbocycles. The fourth-order valence-electron chi connectivity index (χ4n) is 2.86. The lowest BCUT2D eigenvalue weighted by molar-refractivity contribution is -0.120. The molecule has 3 amide bonds. The van der Waals surface area contributed by atoms with Crippen LogP contribution in [0.15, 0.2) is 54.6 Å². The summed E-state index contributed by atoms with van der Waals surface area (Å²) in [7, 11) is 0. The molecule has 7 nitrogen and oxygen atoms in total. The van der Waals surface area contributed by atoms with Gasteiger partial charge in [-0.3, -0.25) is 14.4 Å². The standard InChI is InChI=1S/C21H21N3O4/c22-19(25)14-28-18-4-1-3-16(13-18)23-20(26)11-8-15-6-9-17(10-7-15)24-12-2-5-21(24)27/h1,3-4,6-11,13H,2,5,12,14H2,(H2,22,25)(H,23,26). The molecule has 1 fully saturated rings. The van der Waals surface area contributed by atoms with E-state index in [1.807, 2.05) is 24.3 Å². The molecule has 0 saturated carbocycles. The molecular weight excluding hydrogens is 358 g/mol. The van der Waals surface area contributed by atoms with Crippen LogP contribution in [0.5, 0.6) is 5.75 Å². The number of carbonyl (C=O) groups is 3. The van der Waals surface area contributed by atoms with E-state index < -0.39 is 5.91 Å². The van der Waals surface area contributed by atoms with Crippen LogP contribution in [-0.2, 0) is 14.4 Å². The van der Waals surface area contributed by atoms with Gasteiger partial charge in [0.2, 0.25) is 11.8 Å². The zero-order valence-corrected chi connectivity index (χ0v) is 15.3. The Balaban J connectivity index is 1.57. The summed E-state index contributed by atoms with van der Waals surface area (Å²) in [4.78, 5) is 36.4. The molecule has 144 valence electrons. The fourth-order valence-corrected chi connectivity index (χ4v) is 2.86. The second-order valence-electron chi connectivity index (χ2n) is 6.35. The van der Waals surface area contributed by atoms with Gasteiger partial charge in [0.25, 0.3) is 5.91 Å². The number of benzene rings is 2. The zero-order valence-electron chi connectivity index (χ0n) is 15.3. The third kappa shape index (κ3) is 5.20. The molecule has 3 N–H and O–H groups in total. The quantitative estimate of drug-likeness (QED) is 0.721. The predicted octanol–water partition coefficient (Wildman–Crippen LogP) is 2.33. The summed E-state index contributed by atoms with van der Waals surface area (Å²) < 4.78 is 5.21. The van der Waals surface area contributed by atoms with E-state index in [0.717, 1.165) is 24.2 Å². The van der Waals surface area contributed by atoms with Gasteiger partial charge in [0.05, 0.1) is 0 Å². The summed E-state index contributed by atoms with van der Waals surface area (Å²) >= 11 is 0. The highest BCUT2D eigenvalue weighted by molar-refractivity contribution is 6.02. The van der Waals surface area contributed by atoms with Crippen molar-refractivity contribution in [2.75, 3.05) is 23.4 Å². The lowest BCUT2D eigenvalue weighted by atomic mass is 10.2. The van der Waals surface area contributed by atoms with Gasteiger partial charge in [-0.15, -0.1) is 0 Å². The Bertz CT molecular complexity index is 906. The van der Waals surface area contributed by atoms with E-state index >= 15 is 0 Å². The summed E-state index contributed by atoms with van der Waals surface area (Å²) in [6.45, 7) is 0.523. The Morgan fingerprint density at radius 1 is 1.18 bits per heavy atom. The molecule has 1 aliphatic rings. The fraction of sp³-hybridized carbons (Fsp3) is 0.190. The number of nitrogens with two attached hydrogens (primary N) is 1. The van der Waals surface area contributed by atoms with Crippen LogP contribution in [0.25, 0.3) is 6.08 Å². The molecule has 0 aromatic heterocycles. The molecule has 3 rings (SSSR count). The summed E-state index contributed by atoms with van der Waals surface area (Å²) in [5, 5.41) is 2.73. The number of ether oxygens (including phenoxy) is 1. The van der Waals surface area contributed by atoms with Gasteiger partial charge in [-0.1, -0.05) is 18.2 Å². The van der Waals surface area contributed by atoms with Crippen molar-refractivity contribution < 1.29 is 19.1 Å². The third-order valence-corrected chi connectivity index (χ3v) is 4.19. The molecule has 2 aromatic carbocycles. The number of carbonyl (C=O) groups excluding carboxylic acids is 3. The highest BCUT2D eigenvalue weighted by Gasteiger charge is 2.21. The number of anilines is 2. The van der Waals surface area contributed by atoms with Gasteiger partial charge in [0.1, 0.15) is 5.75 Å². The molecule has 28 heavy (non-hydrogen) atoms. The van der Waals surface area contributed by atoms with Gasteiger partial charge >= 0.3 is 0 Å². The average Bonchev–Trinajstić information content (AvgIpc) is 3.11. The van der Waals surface area contributed by atoms with Gasteiger partial charge < -0.3 is 20.7 Å². The van der Waals surface area contributed by atoms with Crippen molar-refractivity contribution in [1.82, 2.24) is 0 Å². The number of hydrogen-bond acceptors (Lipinski definition) is 4. The van der Waals surface area contributed by atoms with Crippen molar-refractivity contribution in [2.24, 2.45) is 5.73 Å². The topological polar surface area (TPSA) is 102 Å². The van der Waals surface area contributed by atoms with Crippen LogP contribution in [0.4, 0.5) is 11.4 Å². The van der Waals surface area contributed by atoms with Gasteiger partial charge in [-0.05, 0) is 42.3 Å². The Morgan fingerprint density at radius 3 is 2.64 bits per heavy atom. The molecule has 0 atom stereocenters. The Labute approximate surface area is 162 Å². The number of nitrogens with one attached hydrogen (secondary N) is 1. The first-order valence-corrected chi connectivity index (χ1v) is 8.92. The van der Waals surface area contributed by atoms with Crippen LogP contribution < -0.4 is 20.7 Å². The molecule has 2 aromatic rings. The zero-order chi connectivity index (χ0) is 19.9. The number of hydrogen-bond donors (Lipinski definition) is 2. The molecule has 7 heteroatoms. The monoisotopic (exact) mass is 379 g/mol. The van der Waals surface area contributed by atoms with E-state index in [1.54, 1.807) is 35.2 Å². The summed E-state index contributed by atoms with van der Waals surface area (Å²) in [5.41, 5.74) is 7.31. The minimum absolute atomic E-state index is 0.143. The molecule has 0 bridgehead atoms. The number of nitrogens with zero attached hydrogens (tertiary/aromatic N) is 1. The maximum Gasteiger partial charge on any atom is 0.255 e. The van der Waals surface area contributed by atoms with Crippen LogP contribution in [0.2, 0.25) is 0 Å². The summed E-state index contributed by atoms with van der Waals surface area (Å²) in [6.07, 6.45) is 4.59. The van der Waals surface area contributed by atoms with Crippen molar-refractivity contribution in [3.8, 4) is 5.75 Å². The maximum absolute atomic E-state index is 12.1. The first kappa shape index (κ1) is 19.2. The molecule has 1 saturated heterocycles. The molecule has 0 spiro atoms. The summed E-state index contributed by atoms with van der Waals surface area (Å²) in [6, 6.07) is 14.2. The van der Waals surface area contributed by atoms with Crippen molar-refractivity contribution >= 4 is 35.2 Å². The van der Waals surface area contributed by atoms with Crippen LogP contribution in [-0.4, -0.2) is 30.9 Å². The second-order valence-corrected chi connectivity index (χ2v) is 6.35. The Morgan fingerprint density at radius 2 is 1.96 bits per heavy atom. The highest BCUT2D eigenvalue weighted by atomic mass is 16.5. The molecule has 1 heterocycles. The average molecular weight is 379 g/mol. The van der Waals surface area contributed by atoms with Crippen molar-refractivity contribution in [3.63, 3.8) is 0 Å². The van der Waals surface area contributed by atoms with Crippen molar-refractivity contribution in [3.05, 3.63) is 60.2 Å². The molecule has 0 radical (unpaired) electrons. The SMILES string of the molecule is NC(=O)COc1cccc(NC(=O)C=Cc2ccc(N3CCCC3=O)cc2)c1. The van der Waals surface area contributed by atoms with Crippen molar-refractivity contribution in [1.29, 1.82) is 0 Å². The first-order chi connectivity index (χ1) is 13.5. The van der Waals surface area contributed by atoms with E-state index in [4.69, 9.17) is 10.5 Å². The Hall–Kier alpha value is -3.61. The highest BCUT2D eigenvalue weighted by Crippen LogP contribution is 2.22. The predicted molar refractivity (Wildman–Crippen MR) is 107 cm³/mol. The van der Waals surface area contributed by atoms with Gasteiger partial charge in [0, 0.05) is 36.5 Å². The van der Waals surface area contributed by atoms with Crippen LogP contribution in [0.3, 0.4) is 0 Å². The van der Waals surface area contributed by atoms with E-state index in [9.17, 15) is 14.4 Å². The lowest BCUT2D eigenvalue weighted by Crippen LogP contribution is -2.23. The van der Waals surface area contributed by atoms with Gasteiger partial charge in [-0.2, -0.15) is 0 Å². The number of rotatable bonds is 7. The Kier molecular flexibility index (Phi) is 6.06. The van der Waals surface area contributed by atoms with Crippen molar-refractivity contribution in [2.45, 2.75) is 12.8 Å². The first-order valence-electron chi connectivity index (χ1n) is 8.92. The molecular formula is C21H21N3O4. The maximum atomic E-state index is 12.1. The van der Waals surface area contributed by atoms with E-state index in [2.05, 4.69) is 5.32 Å². The largest absolute Gasteiger partial charge is 0.484 e. The third-order valence-electron chi connectivity index (χ3n) is 4.19. The lowest BCUT2D eigenvalue weighted by Gasteiger charge is -2.15. The van der Waals surface area contributed by atoms with E-state index in [0.29, 0.717) is 17.9 Å². The molecule has 1 aliphatic heterocycles. The van der Waals surface area contributed by atoms with Crippen LogP contribution in [0.1, 0.15) is 18.4 Å². The minimum atomic E-state index is -0.572. The number of amides is 3. The van der Waals surface area contributed by atoms with Gasteiger partial charge in [0.15, 0.2) is 6.61 Å². The normalized spacial score (nSPS) is 13.7. The minimum Gasteiger partial charge on any atom is -0.484 e. The smallest absolute Gasteiger partial charge is 0.255 e. The van der Waals surface area contributed by atoms with Crippen LogP contribution in [0, 0.1) is 0 Å². The van der Waals surface area contributed by atoms with E-state index in [-0.39, 0.29) is 18.4 Å². The van der Waals surface area contributed by atoms with Crippen LogP contribution >= 0.6 is 0 Å².